The van der Waals surface area contributed by atoms with Gasteiger partial charge in [0.2, 0.25) is 0 Å². The summed E-state index contributed by atoms with van der Waals surface area (Å²) in [5.41, 5.74) is -6.31. The van der Waals surface area contributed by atoms with Gasteiger partial charge in [-0.2, -0.15) is 21.6 Å². The molecule has 0 N–H and O–H groups in total. The second kappa shape index (κ2) is 6.77. The van der Waals surface area contributed by atoms with Crippen LogP contribution >= 0.6 is 0 Å². The lowest BCUT2D eigenvalue weighted by Crippen LogP contribution is -2.48. The maximum atomic E-state index is 12.4. The molecule has 142 valence electrons. The molecule has 0 unspecified atom stereocenters. The molecule has 0 aromatic heterocycles. The quantitative estimate of drug-likeness (QED) is 0.422. The fourth-order valence-corrected chi connectivity index (χ4v) is 2.51. The van der Waals surface area contributed by atoms with Crippen molar-refractivity contribution in [1.29, 1.82) is 0 Å². The number of hydrogen-bond donors (Lipinski definition) is 0. The molecule has 7 nitrogen and oxygen atoms in total. The molecule has 2 atom stereocenters. The summed E-state index contributed by atoms with van der Waals surface area (Å²) >= 11 is 0. The summed E-state index contributed by atoms with van der Waals surface area (Å²) in [6.45, 7) is 7.69. The van der Waals surface area contributed by atoms with Gasteiger partial charge in [-0.05, 0) is 34.6 Å². The lowest BCUT2D eigenvalue weighted by atomic mass is 10.1. The number of carbonyl (C=O) groups excluding carboxylic acids is 1. The Kier molecular flexibility index (Phi) is 5.96. The van der Waals surface area contributed by atoms with E-state index < -0.39 is 45.4 Å². The average molecular weight is 378 g/mol. The van der Waals surface area contributed by atoms with Gasteiger partial charge in [-0.1, -0.05) is 0 Å². The van der Waals surface area contributed by atoms with E-state index >= 15 is 0 Å². The topological polar surface area (TPSA) is 88.1 Å². The van der Waals surface area contributed by atoms with Crippen LogP contribution in [-0.2, 0) is 33.3 Å². The highest BCUT2D eigenvalue weighted by Gasteiger charge is 2.50. The molecular weight excluding hydrogens is 357 g/mol. The molecule has 0 radical (unpaired) electrons. The van der Waals surface area contributed by atoms with Crippen LogP contribution in [0.1, 0.15) is 47.5 Å². The number of rotatable bonds is 4. The van der Waals surface area contributed by atoms with Crippen molar-refractivity contribution in [3.8, 4) is 0 Å². The summed E-state index contributed by atoms with van der Waals surface area (Å²) in [6.07, 6.45) is -3.31. The first kappa shape index (κ1) is 21.1. The van der Waals surface area contributed by atoms with Gasteiger partial charge in [-0.25, -0.2) is 4.18 Å². The van der Waals surface area contributed by atoms with Crippen molar-refractivity contribution < 1.29 is 44.8 Å². The van der Waals surface area contributed by atoms with Crippen LogP contribution in [0, 0.1) is 0 Å². The molecule has 1 aliphatic rings. The van der Waals surface area contributed by atoms with E-state index in [0.717, 1.165) is 0 Å². The minimum atomic E-state index is -5.82. The molecule has 1 fully saturated rings. The smallest absolute Gasteiger partial charge is 0.460 e. The summed E-state index contributed by atoms with van der Waals surface area (Å²) in [6, 6.07) is 0. The van der Waals surface area contributed by atoms with Crippen molar-refractivity contribution in [3.05, 3.63) is 0 Å². The molecule has 1 heterocycles. The van der Waals surface area contributed by atoms with E-state index in [1.54, 1.807) is 20.8 Å². The normalized spacial score (nSPS) is 25.3. The molecular formula is C13H21F3O7S. The first-order valence-corrected chi connectivity index (χ1v) is 8.49. The van der Waals surface area contributed by atoms with Crippen molar-refractivity contribution in [1.82, 2.24) is 0 Å². The molecule has 0 aromatic rings. The highest BCUT2D eigenvalue weighted by Crippen LogP contribution is 2.33. The van der Waals surface area contributed by atoms with Crippen molar-refractivity contribution >= 4 is 16.1 Å². The van der Waals surface area contributed by atoms with E-state index in [9.17, 15) is 26.4 Å². The second-order valence-corrected chi connectivity index (χ2v) is 8.27. The minimum absolute atomic E-state index is 0.282. The lowest BCUT2D eigenvalue weighted by molar-refractivity contribution is -0.335. The van der Waals surface area contributed by atoms with Gasteiger partial charge in [0.1, 0.15) is 5.60 Å². The number of hydrogen-bond acceptors (Lipinski definition) is 7. The monoisotopic (exact) mass is 378 g/mol. The Balaban J connectivity index is 2.79. The van der Waals surface area contributed by atoms with Crippen LogP contribution in [0.3, 0.4) is 0 Å². The molecule has 1 aliphatic heterocycles. The Bertz CT molecular complexity index is 563. The standard InChI is InChI=1S/C13H21F3O7S/c1-11(2,3)21-9(17)6-8-7-10(22-12(4,5)20-8)23-24(18,19)13(14,15)16/h8,10H,6-7H2,1-5H3/t8-,10-/m0/s1. The summed E-state index contributed by atoms with van der Waals surface area (Å²) < 4.78 is 79.0. The Morgan fingerprint density at radius 1 is 1.21 bits per heavy atom. The Morgan fingerprint density at radius 3 is 2.21 bits per heavy atom. The summed E-state index contributed by atoms with van der Waals surface area (Å²) in [5, 5.41) is 0. The van der Waals surface area contributed by atoms with Crippen LogP contribution in [0.15, 0.2) is 0 Å². The molecule has 0 saturated carbocycles. The number of halogens is 3. The first-order chi connectivity index (χ1) is 10.5. The van der Waals surface area contributed by atoms with Crippen LogP contribution in [0.2, 0.25) is 0 Å². The van der Waals surface area contributed by atoms with Gasteiger partial charge in [0, 0.05) is 6.42 Å². The zero-order chi connectivity index (χ0) is 19.0. The Labute approximate surface area is 138 Å². The predicted molar refractivity (Wildman–Crippen MR) is 75.0 cm³/mol. The fourth-order valence-electron chi connectivity index (χ4n) is 2.01. The molecule has 11 heteroatoms. The number of esters is 1. The average Bonchev–Trinajstić information content (AvgIpc) is 2.19. The van der Waals surface area contributed by atoms with E-state index in [4.69, 9.17) is 14.2 Å². The van der Waals surface area contributed by atoms with Crippen LogP contribution in [-0.4, -0.2) is 43.7 Å². The molecule has 0 aromatic carbocycles. The van der Waals surface area contributed by atoms with Crippen molar-refractivity contribution in [2.24, 2.45) is 0 Å². The minimum Gasteiger partial charge on any atom is -0.460 e. The summed E-state index contributed by atoms with van der Waals surface area (Å²) in [5.74, 6) is -2.07. The molecule has 0 aliphatic carbocycles. The highest BCUT2D eigenvalue weighted by atomic mass is 32.2. The zero-order valence-corrected chi connectivity index (χ0v) is 14.8. The van der Waals surface area contributed by atoms with Gasteiger partial charge in [-0.15, -0.1) is 0 Å². The Morgan fingerprint density at radius 2 is 1.75 bits per heavy atom. The van der Waals surface area contributed by atoms with Gasteiger partial charge in [0.05, 0.1) is 12.5 Å². The lowest BCUT2D eigenvalue weighted by Gasteiger charge is -2.39. The van der Waals surface area contributed by atoms with E-state index in [1.807, 2.05) is 0 Å². The van der Waals surface area contributed by atoms with Crippen molar-refractivity contribution in [2.45, 2.75) is 76.8 Å². The van der Waals surface area contributed by atoms with E-state index in [2.05, 4.69) is 4.18 Å². The molecule has 24 heavy (non-hydrogen) atoms. The fraction of sp³-hybridized carbons (Fsp3) is 0.923. The maximum absolute atomic E-state index is 12.4. The third-order valence-electron chi connectivity index (χ3n) is 2.65. The maximum Gasteiger partial charge on any atom is 0.523 e. The van der Waals surface area contributed by atoms with E-state index in [1.165, 1.54) is 13.8 Å². The second-order valence-electron chi connectivity index (χ2n) is 6.71. The van der Waals surface area contributed by atoms with Gasteiger partial charge in [-0.3, -0.25) is 4.79 Å². The first-order valence-electron chi connectivity index (χ1n) is 7.08. The number of alkyl halides is 3. The third-order valence-corrected chi connectivity index (χ3v) is 3.69. The van der Waals surface area contributed by atoms with Crippen LogP contribution < -0.4 is 0 Å². The predicted octanol–water partition coefficient (Wildman–Crippen LogP) is 2.45. The van der Waals surface area contributed by atoms with E-state index in [-0.39, 0.29) is 12.8 Å². The highest BCUT2D eigenvalue weighted by molar-refractivity contribution is 7.87. The molecule has 0 amide bonds. The van der Waals surface area contributed by atoms with Gasteiger partial charge in [0.25, 0.3) is 0 Å². The summed E-state index contributed by atoms with van der Waals surface area (Å²) in [7, 11) is -5.82. The number of ether oxygens (including phenoxy) is 3. The number of carbonyl (C=O) groups is 1. The van der Waals surface area contributed by atoms with Crippen LogP contribution in [0.25, 0.3) is 0 Å². The SMILES string of the molecule is CC(C)(C)OC(=O)C[C@H]1C[C@H](OS(=O)(=O)C(F)(F)F)OC(C)(C)O1. The van der Waals surface area contributed by atoms with Gasteiger partial charge < -0.3 is 14.2 Å². The molecule has 1 saturated heterocycles. The largest absolute Gasteiger partial charge is 0.523 e. The summed E-state index contributed by atoms with van der Waals surface area (Å²) in [4.78, 5) is 11.8. The Hall–Kier alpha value is -0.910. The van der Waals surface area contributed by atoms with Crippen LogP contribution in [0.5, 0.6) is 0 Å². The van der Waals surface area contributed by atoms with E-state index in [0.29, 0.717) is 0 Å². The van der Waals surface area contributed by atoms with Crippen molar-refractivity contribution in [2.75, 3.05) is 0 Å². The van der Waals surface area contributed by atoms with Gasteiger partial charge in [0.15, 0.2) is 12.1 Å². The molecule has 0 bridgehead atoms. The van der Waals surface area contributed by atoms with Crippen LogP contribution in [0.4, 0.5) is 13.2 Å². The van der Waals surface area contributed by atoms with Gasteiger partial charge >= 0.3 is 21.6 Å². The molecule has 1 rings (SSSR count). The van der Waals surface area contributed by atoms with Crippen molar-refractivity contribution in [3.63, 3.8) is 0 Å². The zero-order valence-electron chi connectivity index (χ0n) is 14.0. The third kappa shape index (κ3) is 6.54. The molecule has 0 spiro atoms.